The summed E-state index contributed by atoms with van der Waals surface area (Å²) in [6, 6.07) is 8.28. The van der Waals surface area contributed by atoms with E-state index in [0.717, 1.165) is 17.0 Å². The lowest BCUT2D eigenvalue weighted by Crippen LogP contribution is -1.95. The molecule has 0 fully saturated rings. The first-order valence-electron chi connectivity index (χ1n) is 5.56. The molecular formula is C14H16N2. The highest BCUT2D eigenvalue weighted by molar-refractivity contribution is 5.63. The van der Waals surface area contributed by atoms with Gasteiger partial charge in [-0.2, -0.15) is 0 Å². The molecule has 0 saturated carbocycles. The fourth-order valence-electron chi connectivity index (χ4n) is 1.69. The Bertz CT molecular complexity index is 475. The number of nitrogens with zero attached hydrogens (tertiary/aromatic N) is 2. The molecule has 2 nitrogen and oxygen atoms in total. The van der Waals surface area contributed by atoms with Gasteiger partial charge in [0.25, 0.3) is 0 Å². The summed E-state index contributed by atoms with van der Waals surface area (Å²) in [5.74, 6) is 0.454. The molecule has 82 valence electrons. The zero-order chi connectivity index (χ0) is 11.5. The summed E-state index contributed by atoms with van der Waals surface area (Å²) < 4.78 is 0. The minimum atomic E-state index is 0.454. The summed E-state index contributed by atoms with van der Waals surface area (Å²) in [4.78, 5) is 8.68. The summed E-state index contributed by atoms with van der Waals surface area (Å²) in [5, 5.41) is 0. The van der Waals surface area contributed by atoms with Gasteiger partial charge in [0.15, 0.2) is 0 Å². The normalized spacial score (nSPS) is 10.8. The van der Waals surface area contributed by atoms with Gasteiger partial charge in [-0.3, -0.25) is 9.97 Å². The van der Waals surface area contributed by atoms with Crippen LogP contribution in [0.2, 0.25) is 0 Å². The van der Waals surface area contributed by atoms with Gasteiger partial charge in [-0.1, -0.05) is 19.9 Å². The minimum Gasteiger partial charge on any atom is -0.264 e. The lowest BCUT2D eigenvalue weighted by Gasteiger charge is -2.09. The fraction of sp³-hybridized carbons (Fsp3) is 0.286. The van der Waals surface area contributed by atoms with Crippen LogP contribution in [0.25, 0.3) is 11.1 Å². The highest BCUT2D eigenvalue weighted by atomic mass is 14.7. The van der Waals surface area contributed by atoms with Gasteiger partial charge in [0.05, 0.1) is 0 Å². The molecule has 2 aromatic heterocycles. The molecule has 0 saturated heterocycles. The van der Waals surface area contributed by atoms with Crippen molar-refractivity contribution in [2.45, 2.75) is 26.7 Å². The summed E-state index contributed by atoms with van der Waals surface area (Å²) in [5.41, 5.74) is 4.54. The van der Waals surface area contributed by atoms with E-state index in [1.54, 1.807) is 6.20 Å². The summed E-state index contributed by atoms with van der Waals surface area (Å²) >= 11 is 0. The van der Waals surface area contributed by atoms with Crippen molar-refractivity contribution in [2.24, 2.45) is 0 Å². The third-order valence-electron chi connectivity index (χ3n) is 2.56. The Balaban J connectivity index is 2.50. The van der Waals surface area contributed by atoms with E-state index >= 15 is 0 Å². The van der Waals surface area contributed by atoms with Crippen LogP contribution in [-0.2, 0) is 0 Å². The lowest BCUT2D eigenvalue weighted by molar-refractivity contribution is 0.816. The minimum absolute atomic E-state index is 0.454. The molecule has 0 atom stereocenters. The maximum atomic E-state index is 4.54. The number of rotatable bonds is 2. The van der Waals surface area contributed by atoms with Crippen LogP contribution in [0.1, 0.15) is 31.2 Å². The predicted molar refractivity (Wildman–Crippen MR) is 66.3 cm³/mol. The Kier molecular flexibility index (Phi) is 3.00. The Morgan fingerprint density at radius 1 is 1.12 bits per heavy atom. The number of aromatic nitrogens is 2. The number of aryl methyl sites for hydroxylation is 1. The average Bonchev–Trinajstić information content (AvgIpc) is 2.29. The molecule has 0 spiro atoms. The molecule has 2 aromatic rings. The molecule has 0 bridgehead atoms. The molecule has 2 heteroatoms. The van der Waals surface area contributed by atoms with Gasteiger partial charge in [0, 0.05) is 29.3 Å². The second-order valence-corrected chi connectivity index (χ2v) is 4.32. The van der Waals surface area contributed by atoms with Crippen molar-refractivity contribution < 1.29 is 0 Å². The van der Waals surface area contributed by atoms with Crippen molar-refractivity contribution >= 4 is 0 Å². The predicted octanol–water partition coefficient (Wildman–Crippen LogP) is 3.58. The second-order valence-electron chi connectivity index (χ2n) is 4.32. The van der Waals surface area contributed by atoms with Crippen LogP contribution in [0.15, 0.2) is 36.7 Å². The highest BCUT2D eigenvalue weighted by Gasteiger charge is 2.05. The lowest BCUT2D eigenvalue weighted by atomic mass is 10.0. The van der Waals surface area contributed by atoms with E-state index in [4.69, 9.17) is 0 Å². The summed E-state index contributed by atoms with van der Waals surface area (Å²) in [6.07, 6.45) is 3.68. The van der Waals surface area contributed by atoms with E-state index in [-0.39, 0.29) is 0 Å². The van der Waals surface area contributed by atoms with Crippen LogP contribution >= 0.6 is 0 Å². The standard InChI is InChI=1S/C14H16N2/c1-10(2)14-8-13(7-11(3)16-14)12-5-4-6-15-9-12/h4-10H,1-3H3. The van der Waals surface area contributed by atoms with Gasteiger partial charge in [0.2, 0.25) is 0 Å². The first-order chi connectivity index (χ1) is 7.66. The molecule has 16 heavy (non-hydrogen) atoms. The average molecular weight is 212 g/mol. The molecule has 0 aliphatic carbocycles. The molecule has 2 heterocycles. The molecule has 0 amide bonds. The smallest absolute Gasteiger partial charge is 0.0438 e. The summed E-state index contributed by atoms with van der Waals surface area (Å²) in [6.45, 7) is 6.36. The SMILES string of the molecule is Cc1cc(-c2cccnc2)cc(C(C)C)n1. The van der Waals surface area contributed by atoms with Gasteiger partial charge in [-0.05, 0) is 36.6 Å². The Hall–Kier alpha value is -1.70. The number of hydrogen-bond acceptors (Lipinski definition) is 2. The maximum absolute atomic E-state index is 4.54. The number of hydrogen-bond donors (Lipinski definition) is 0. The van der Waals surface area contributed by atoms with Crippen molar-refractivity contribution in [1.29, 1.82) is 0 Å². The van der Waals surface area contributed by atoms with Crippen LogP contribution in [0, 0.1) is 6.92 Å². The molecule has 0 aliphatic heterocycles. The highest BCUT2D eigenvalue weighted by Crippen LogP contribution is 2.22. The molecule has 0 N–H and O–H groups in total. The maximum Gasteiger partial charge on any atom is 0.0438 e. The van der Waals surface area contributed by atoms with E-state index in [2.05, 4.69) is 42.0 Å². The van der Waals surface area contributed by atoms with Crippen molar-refractivity contribution in [2.75, 3.05) is 0 Å². The molecular weight excluding hydrogens is 196 g/mol. The van der Waals surface area contributed by atoms with Crippen molar-refractivity contribution in [3.8, 4) is 11.1 Å². The quantitative estimate of drug-likeness (QED) is 0.760. The Labute approximate surface area is 96.4 Å². The molecule has 0 aliphatic rings. The zero-order valence-electron chi connectivity index (χ0n) is 9.94. The van der Waals surface area contributed by atoms with Gasteiger partial charge in [-0.25, -0.2) is 0 Å². The van der Waals surface area contributed by atoms with Crippen molar-refractivity contribution in [3.63, 3.8) is 0 Å². The van der Waals surface area contributed by atoms with Gasteiger partial charge >= 0.3 is 0 Å². The molecule has 2 rings (SSSR count). The third-order valence-corrected chi connectivity index (χ3v) is 2.56. The molecule has 0 radical (unpaired) electrons. The van der Waals surface area contributed by atoms with Crippen LogP contribution in [0.3, 0.4) is 0 Å². The zero-order valence-corrected chi connectivity index (χ0v) is 9.94. The van der Waals surface area contributed by atoms with E-state index in [9.17, 15) is 0 Å². The molecule has 0 aromatic carbocycles. The first kappa shape index (κ1) is 10.8. The van der Waals surface area contributed by atoms with Crippen LogP contribution < -0.4 is 0 Å². The van der Waals surface area contributed by atoms with E-state index < -0.39 is 0 Å². The van der Waals surface area contributed by atoms with Crippen LogP contribution in [0.4, 0.5) is 0 Å². The number of pyridine rings is 2. The van der Waals surface area contributed by atoms with E-state index in [0.29, 0.717) is 5.92 Å². The van der Waals surface area contributed by atoms with Crippen molar-refractivity contribution in [1.82, 2.24) is 9.97 Å². The molecule has 0 unspecified atom stereocenters. The van der Waals surface area contributed by atoms with Crippen LogP contribution in [-0.4, -0.2) is 9.97 Å². The summed E-state index contributed by atoms with van der Waals surface area (Å²) in [7, 11) is 0. The van der Waals surface area contributed by atoms with Crippen LogP contribution in [0.5, 0.6) is 0 Å². The monoisotopic (exact) mass is 212 g/mol. The van der Waals surface area contributed by atoms with Gasteiger partial charge < -0.3 is 0 Å². The largest absolute Gasteiger partial charge is 0.264 e. The first-order valence-corrected chi connectivity index (χ1v) is 5.56. The Morgan fingerprint density at radius 3 is 2.56 bits per heavy atom. The second kappa shape index (κ2) is 4.44. The van der Waals surface area contributed by atoms with E-state index in [1.165, 1.54) is 5.56 Å². The van der Waals surface area contributed by atoms with Crippen molar-refractivity contribution in [3.05, 3.63) is 48.0 Å². The van der Waals surface area contributed by atoms with Gasteiger partial charge in [0.1, 0.15) is 0 Å². The third kappa shape index (κ3) is 2.27. The Morgan fingerprint density at radius 2 is 1.94 bits per heavy atom. The fourth-order valence-corrected chi connectivity index (χ4v) is 1.69. The van der Waals surface area contributed by atoms with Gasteiger partial charge in [-0.15, -0.1) is 0 Å². The van der Waals surface area contributed by atoms with E-state index in [1.807, 2.05) is 19.2 Å². The topological polar surface area (TPSA) is 25.8 Å².